The van der Waals surface area contributed by atoms with Gasteiger partial charge in [-0.1, -0.05) is 75.1 Å². The molecule has 1 N–H and O–H groups in total. The Morgan fingerprint density at radius 2 is 1.86 bits per heavy atom. The van der Waals surface area contributed by atoms with E-state index >= 15 is 0 Å². The lowest BCUT2D eigenvalue weighted by atomic mass is 9.48. The van der Waals surface area contributed by atoms with Gasteiger partial charge in [0.2, 0.25) is 0 Å². The van der Waals surface area contributed by atoms with E-state index in [-0.39, 0.29) is 24.2 Å². The van der Waals surface area contributed by atoms with E-state index in [4.69, 9.17) is 9.47 Å². The molecule has 5 atom stereocenters. The summed E-state index contributed by atoms with van der Waals surface area (Å²) in [5.41, 5.74) is 2.39. The van der Waals surface area contributed by atoms with E-state index < -0.39 is 11.0 Å². The highest BCUT2D eigenvalue weighted by molar-refractivity contribution is 5.72. The van der Waals surface area contributed by atoms with Gasteiger partial charge >= 0.3 is 5.97 Å². The van der Waals surface area contributed by atoms with Crippen LogP contribution in [-0.4, -0.2) is 70.8 Å². The highest BCUT2D eigenvalue weighted by Crippen LogP contribution is 2.66. The third-order valence-electron chi connectivity index (χ3n) is 11.2. The molecule has 0 unspecified atom stereocenters. The molecule has 2 fully saturated rings. The van der Waals surface area contributed by atoms with E-state index in [9.17, 15) is 9.90 Å². The molecule has 6 heteroatoms. The van der Waals surface area contributed by atoms with Crippen LogP contribution in [0.4, 0.5) is 0 Å². The molecular weight excluding hydrogens is 548 g/mol. The number of aryl methyl sites for hydroxylation is 1. The van der Waals surface area contributed by atoms with E-state index in [1.54, 1.807) is 0 Å². The molecule has 44 heavy (non-hydrogen) atoms. The van der Waals surface area contributed by atoms with Gasteiger partial charge in [-0.3, -0.25) is 14.6 Å². The lowest BCUT2D eigenvalue weighted by Crippen LogP contribution is -2.78. The number of hydrogen-bond donors (Lipinski definition) is 1. The summed E-state index contributed by atoms with van der Waals surface area (Å²) >= 11 is 0. The van der Waals surface area contributed by atoms with Gasteiger partial charge in [-0.15, -0.1) is 6.58 Å². The number of esters is 1. The number of carbonyl (C=O) groups is 1. The van der Waals surface area contributed by atoms with Crippen molar-refractivity contribution in [3.05, 3.63) is 71.8 Å². The van der Waals surface area contributed by atoms with Crippen molar-refractivity contribution >= 4 is 5.97 Å². The second-order valence-electron chi connectivity index (χ2n) is 13.7. The number of aliphatic hydroxyl groups is 1. The quantitative estimate of drug-likeness (QED) is 0.107. The zero-order valence-corrected chi connectivity index (χ0v) is 26.9. The van der Waals surface area contributed by atoms with Gasteiger partial charge in [-0.05, 0) is 88.2 Å². The third-order valence-corrected chi connectivity index (χ3v) is 11.2. The number of unbranched alkanes of at least 4 members (excludes halogenated alkanes) is 5. The Labute approximate surface area is 264 Å². The van der Waals surface area contributed by atoms with Crippen LogP contribution in [0.1, 0.15) is 94.7 Å². The second-order valence-corrected chi connectivity index (χ2v) is 13.7. The van der Waals surface area contributed by atoms with Crippen LogP contribution in [0.5, 0.6) is 11.5 Å². The van der Waals surface area contributed by atoms with E-state index in [2.05, 4.69) is 59.7 Å². The van der Waals surface area contributed by atoms with Gasteiger partial charge in [0, 0.05) is 31.1 Å². The van der Waals surface area contributed by atoms with Gasteiger partial charge in [0.15, 0.2) is 11.5 Å². The second kappa shape index (κ2) is 13.4. The molecule has 0 aromatic heterocycles. The molecule has 6 rings (SSSR count). The van der Waals surface area contributed by atoms with E-state index in [0.29, 0.717) is 11.5 Å². The number of benzene rings is 2. The van der Waals surface area contributed by atoms with Crippen molar-refractivity contribution in [2.75, 3.05) is 26.2 Å². The van der Waals surface area contributed by atoms with E-state index in [0.717, 1.165) is 63.8 Å². The topological polar surface area (TPSA) is 62.2 Å². The minimum Gasteiger partial charge on any atom is -0.483 e. The standard InChI is InChI=1S/C38H52N2O4/c1-4-6-13-24-39(25-14-8-7-10-15-29-16-11-9-12-17-29)31-20-21-38(42)33-27-30-18-19-32(43-28(3)41)35-34(30)37(38,36(31)44-35)22-26-40(33)23-5-2/h5,9,11-12,16-19,31,33,36,42H,2,4,6-8,10,13-15,20-27H2,1,3H3/t31-,33-,36+,37+,38-/m1/s1. The zero-order valence-electron chi connectivity index (χ0n) is 26.9. The van der Waals surface area contributed by atoms with Crippen LogP contribution in [0.15, 0.2) is 55.1 Å². The van der Waals surface area contributed by atoms with Gasteiger partial charge in [0.1, 0.15) is 6.10 Å². The van der Waals surface area contributed by atoms with Crippen LogP contribution in [0, 0.1) is 0 Å². The van der Waals surface area contributed by atoms with E-state index in [1.165, 1.54) is 63.0 Å². The van der Waals surface area contributed by atoms with Gasteiger partial charge in [0.25, 0.3) is 0 Å². The molecular formula is C38H52N2O4. The van der Waals surface area contributed by atoms with Crippen molar-refractivity contribution in [3.8, 4) is 11.5 Å². The SMILES string of the molecule is C=CCN1CC[C@]23c4c5ccc(OC(C)=O)c4O[C@H]2[C@H](N(CCCCC)CCCCCCc2ccccc2)CC[C@@]3(O)[C@H]1C5. The Hall–Kier alpha value is -2.67. The van der Waals surface area contributed by atoms with Crippen molar-refractivity contribution in [1.29, 1.82) is 0 Å². The number of hydrogen-bond acceptors (Lipinski definition) is 6. The van der Waals surface area contributed by atoms with Crippen molar-refractivity contribution < 1.29 is 19.4 Å². The summed E-state index contributed by atoms with van der Waals surface area (Å²) < 4.78 is 12.8. The highest BCUT2D eigenvalue weighted by Gasteiger charge is 2.73. The summed E-state index contributed by atoms with van der Waals surface area (Å²) in [7, 11) is 0. The molecule has 0 amide bonds. The first-order chi connectivity index (χ1) is 21.4. The molecule has 4 aliphatic rings. The molecule has 2 aromatic carbocycles. The first-order valence-corrected chi connectivity index (χ1v) is 17.3. The molecule has 1 saturated heterocycles. The first-order valence-electron chi connectivity index (χ1n) is 17.3. The molecule has 1 spiro atoms. The number of ether oxygens (including phenoxy) is 2. The molecule has 0 radical (unpaired) electrons. The summed E-state index contributed by atoms with van der Waals surface area (Å²) in [5, 5.41) is 12.9. The maximum Gasteiger partial charge on any atom is 0.308 e. The Morgan fingerprint density at radius 1 is 1.09 bits per heavy atom. The summed E-state index contributed by atoms with van der Waals surface area (Å²) in [6, 6.07) is 15.1. The number of rotatable bonds is 15. The fourth-order valence-electron chi connectivity index (χ4n) is 9.24. The van der Waals surface area contributed by atoms with Crippen molar-refractivity contribution in [3.63, 3.8) is 0 Å². The fraction of sp³-hybridized carbons (Fsp3) is 0.605. The minimum absolute atomic E-state index is 0.0254. The Bertz CT molecular complexity index is 1310. The summed E-state index contributed by atoms with van der Waals surface area (Å²) in [5.74, 6) is 0.869. The maximum absolute atomic E-state index is 12.9. The molecule has 2 aromatic rings. The molecule has 6 nitrogen and oxygen atoms in total. The summed E-state index contributed by atoms with van der Waals surface area (Å²) in [6.45, 7) is 11.5. The van der Waals surface area contributed by atoms with Crippen LogP contribution in [0.25, 0.3) is 0 Å². The zero-order chi connectivity index (χ0) is 30.7. The Morgan fingerprint density at radius 3 is 2.61 bits per heavy atom. The predicted octanol–water partition coefficient (Wildman–Crippen LogP) is 6.62. The lowest BCUT2D eigenvalue weighted by molar-refractivity contribution is -0.198. The Balaban J connectivity index is 1.26. The average molecular weight is 601 g/mol. The Kier molecular flexibility index (Phi) is 9.51. The lowest BCUT2D eigenvalue weighted by Gasteiger charge is -2.65. The first kappa shape index (κ1) is 31.3. The van der Waals surface area contributed by atoms with Crippen LogP contribution >= 0.6 is 0 Å². The molecule has 2 aliphatic heterocycles. The molecule has 1 saturated carbocycles. The fourth-order valence-corrected chi connectivity index (χ4v) is 9.24. The van der Waals surface area contributed by atoms with Crippen molar-refractivity contribution in [2.45, 2.75) is 120 Å². The van der Waals surface area contributed by atoms with Crippen LogP contribution < -0.4 is 9.47 Å². The highest BCUT2D eigenvalue weighted by atomic mass is 16.6. The monoisotopic (exact) mass is 600 g/mol. The van der Waals surface area contributed by atoms with Gasteiger partial charge in [-0.2, -0.15) is 0 Å². The number of piperidine rings is 1. The molecule has 2 aliphatic carbocycles. The van der Waals surface area contributed by atoms with Crippen molar-refractivity contribution in [2.24, 2.45) is 0 Å². The van der Waals surface area contributed by atoms with Crippen LogP contribution in [0.2, 0.25) is 0 Å². The number of carbonyl (C=O) groups excluding carboxylic acids is 1. The third kappa shape index (κ3) is 5.52. The van der Waals surface area contributed by atoms with Gasteiger partial charge in [0.05, 0.1) is 11.0 Å². The maximum atomic E-state index is 12.9. The predicted molar refractivity (Wildman–Crippen MR) is 175 cm³/mol. The smallest absolute Gasteiger partial charge is 0.308 e. The van der Waals surface area contributed by atoms with Gasteiger partial charge < -0.3 is 14.6 Å². The number of nitrogens with zero attached hydrogens (tertiary/aromatic N) is 2. The molecule has 2 heterocycles. The summed E-state index contributed by atoms with van der Waals surface area (Å²) in [4.78, 5) is 17.3. The van der Waals surface area contributed by atoms with E-state index in [1.807, 2.05) is 12.1 Å². The largest absolute Gasteiger partial charge is 0.483 e. The summed E-state index contributed by atoms with van der Waals surface area (Å²) in [6.07, 6.45) is 14.7. The van der Waals surface area contributed by atoms with Crippen LogP contribution in [-0.2, 0) is 23.1 Å². The molecule has 2 bridgehead atoms. The average Bonchev–Trinajstić information content (AvgIpc) is 3.37. The van der Waals surface area contributed by atoms with Crippen LogP contribution in [0.3, 0.4) is 0 Å². The number of likely N-dealkylation sites (tertiary alicyclic amines) is 1. The minimum atomic E-state index is -0.894. The van der Waals surface area contributed by atoms with Crippen molar-refractivity contribution in [1.82, 2.24) is 9.80 Å². The normalized spacial score (nSPS) is 28.4. The van der Waals surface area contributed by atoms with Gasteiger partial charge in [-0.25, -0.2) is 0 Å². The molecule has 238 valence electrons.